The molecule has 0 atom stereocenters. The average molecular weight is 269 g/mol. The van der Waals surface area contributed by atoms with Crippen molar-refractivity contribution < 1.29 is 23.1 Å². The SMILES string of the molecule is Cc1cc(Br)oc1C(F)(F)CC(=O)O. The average Bonchev–Trinajstić information content (AvgIpc) is 2.27. The molecule has 1 aromatic rings. The number of hydrogen-bond acceptors (Lipinski definition) is 2. The maximum atomic E-state index is 13.2. The third kappa shape index (κ3) is 2.31. The number of carboxylic acids is 1. The summed E-state index contributed by atoms with van der Waals surface area (Å²) in [6.07, 6.45) is -1.27. The molecule has 0 fully saturated rings. The highest BCUT2D eigenvalue weighted by atomic mass is 79.9. The molecular weight excluding hydrogens is 262 g/mol. The summed E-state index contributed by atoms with van der Waals surface area (Å²) in [6, 6.07) is 1.37. The number of alkyl halides is 2. The van der Waals surface area contributed by atoms with Crippen molar-refractivity contribution >= 4 is 21.9 Å². The summed E-state index contributed by atoms with van der Waals surface area (Å²) in [4.78, 5) is 10.2. The van der Waals surface area contributed by atoms with Crippen molar-refractivity contribution in [3.05, 3.63) is 22.1 Å². The highest BCUT2D eigenvalue weighted by Crippen LogP contribution is 2.36. The third-order valence-corrected chi connectivity index (χ3v) is 1.98. The van der Waals surface area contributed by atoms with Gasteiger partial charge in [0.1, 0.15) is 6.42 Å². The quantitative estimate of drug-likeness (QED) is 0.917. The fraction of sp³-hybridized carbons (Fsp3) is 0.375. The van der Waals surface area contributed by atoms with E-state index in [-0.39, 0.29) is 10.2 Å². The van der Waals surface area contributed by atoms with E-state index in [1.807, 2.05) is 0 Å². The Kier molecular flexibility index (Phi) is 2.94. The van der Waals surface area contributed by atoms with Crippen molar-refractivity contribution in [2.75, 3.05) is 0 Å². The van der Waals surface area contributed by atoms with Crippen molar-refractivity contribution in [3.63, 3.8) is 0 Å². The van der Waals surface area contributed by atoms with Gasteiger partial charge >= 0.3 is 11.9 Å². The van der Waals surface area contributed by atoms with Crippen LogP contribution in [0.2, 0.25) is 0 Å². The second-order valence-electron chi connectivity index (χ2n) is 2.84. The van der Waals surface area contributed by atoms with Crippen LogP contribution in [0.15, 0.2) is 15.2 Å². The smallest absolute Gasteiger partial charge is 0.315 e. The number of halogens is 3. The van der Waals surface area contributed by atoms with Crippen molar-refractivity contribution in [3.8, 4) is 0 Å². The van der Waals surface area contributed by atoms with Gasteiger partial charge in [-0.05, 0) is 34.5 Å². The predicted molar refractivity (Wildman–Crippen MR) is 47.3 cm³/mol. The van der Waals surface area contributed by atoms with Gasteiger partial charge in [0, 0.05) is 0 Å². The monoisotopic (exact) mass is 268 g/mol. The summed E-state index contributed by atoms with van der Waals surface area (Å²) in [5.74, 6) is -5.64. The molecular formula is C8H7BrF2O3. The fourth-order valence-electron chi connectivity index (χ4n) is 1.08. The zero-order valence-corrected chi connectivity index (χ0v) is 8.77. The molecule has 0 aromatic carbocycles. The molecule has 1 rings (SSSR count). The first kappa shape index (κ1) is 11.2. The molecule has 0 spiro atoms. The normalized spacial score (nSPS) is 11.7. The lowest BCUT2D eigenvalue weighted by atomic mass is 10.1. The number of carbonyl (C=O) groups is 1. The molecule has 0 unspecified atom stereocenters. The van der Waals surface area contributed by atoms with E-state index in [0.717, 1.165) is 0 Å². The van der Waals surface area contributed by atoms with Gasteiger partial charge in [-0.15, -0.1) is 0 Å². The molecule has 1 aromatic heterocycles. The highest BCUT2D eigenvalue weighted by Gasteiger charge is 2.39. The molecule has 0 amide bonds. The van der Waals surface area contributed by atoms with Gasteiger partial charge in [0.25, 0.3) is 0 Å². The van der Waals surface area contributed by atoms with E-state index in [0.29, 0.717) is 0 Å². The van der Waals surface area contributed by atoms with E-state index in [2.05, 4.69) is 20.3 Å². The Balaban J connectivity index is 3.02. The number of furan rings is 1. The maximum absolute atomic E-state index is 13.2. The van der Waals surface area contributed by atoms with Crippen LogP contribution in [0.4, 0.5) is 8.78 Å². The van der Waals surface area contributed by atoms with Crippen molar-refractivity contribution in [1.82, 2.24) is 0 Å². The first-order valence-electron chi connectivity index (χ1n) is 3.69. The molecule has 1 N–H and O–H groups in total. The van der Waals surface area contributed by atoms with Crippen molar-refractivity contribution in [1.29, 1.82) is 0 Å². The second kappa shape index (κ2) is 3.68. The minimum atomic E-state index is -3.47. The molecule has 0 aliphatic heterocycles. The molecule has 78 valence electrons. The van der Waals surface area contributed by atoms with Crippen molar-refractivity contribution in [2.45, 2.75) is 19.3 Å². The number of rotatable bonds is 3. The molecule has 0 aliphatic rings. The molecule has 0 radical (unpaired) electrons. The Morgan fingerprint density at radius 2 is 2.29 bits per heavy atom. The Bertz CT molecular complexity index is 359. The van der Waals surface area contributed by atoms with Crippen LogP contribution in [0.3, 0.4) is 0 Å². The molecule has 1 heterocycles. The summed E-state index contributed by atoms with van der Waals surface area (Å²) >= 11 is 2.89. The Labute approximate surface area is 86.8 Å². The van der Waals surface area contributed by atoms with E-state index >= 15 is 0 Å². The molecule has 3 nitrogen and oxygen atoms in total. The summed E-state index contributed by atoms with van der Waals surface area (Å²) < 4.78 is 31.2. The van der Waals surface area contributed by atoms with Gasteiger partial charge in [0.2, 0.25) is 0 Å². The van der Waals surface area contributed by atoms with Gasteiger partial charge in [-0.1, -0.05) is 0 Å². The van der Waals surface area contributed by atoms with E-state index < -0.39 is 24.1 Å². The Morgan fingerprint density at radius 3 is 2.64 bits per heavy atom. The van der Waals surface area contributed by atoms with Gasteiger partial charge in [-0.25, -0.2) is 0 Å². The maximum Gasteiger partial charge on any atom is 0.315 e. The molecule has 6 heteroatoms. The van der Waals surface area contributed by atoms with Gasteiger partial charge in [-0.3, -0.25) is 4.79 Å². The van der Waals surface area contributed by atoms with Crippen LogP contribution in [0.5, 0.6) is 0 Å². The summed E-state index contributed by atoms with van der Waals surface area (Å²) in [5, 5.41) is 8.27. The standard InChI is InChI=1S/C8H7BrF2O3/c1-4-2-5(9)14-7(4)8(10,11)3-6(12)13/h2H,3H2,1H3,(H,12,13). The van der Waals surface area contributed by atoms with Crippen LogP contribution >= 0.6 is 15.9 Å². The minimum Gasteiger partial charge on any atom is -0.481 e. The van der Waals surface area contributed by atoms with Crippen molar-refractivity contribution in [2.24, 2.45) is 0 Å². The Morgan fingerprint density at radius 1 is 1.71 bits per heavy atom. The van der Waals surface area contributed by atoms with Gasteiger partial charge < -0.3 is 9.52 Å². The molecule has 0 saturated heterocycles. The molecule has 0 aliphatic carbocycles. The zero-order valence-electron chi connectivity index (χ0n) is 7.18. The van der Waals surface area contributed by atoms with E-state index in [4.69, 9.17) is 5.11 Å². The first-order chi connectivity index (χ1) is 6.33. The number of hydrogen-bond donors (Lipinski definition) is 1. The van der Waals surface area contributed by atoms with Gasteiger partial charge in [0.15, 0.2) is 10.4 Å². The predicted octanol–water partition coefficient (Wildman–Crippen LogP) is 2.92. The van der Waals surface area contributed by atoms with Crippen LogP contribution in [-0.4, -0.2) is 11.1 Å². The largest absolute Gasteiger partial charge is 0.481 e. The first-order valence-corrected chi connectivity index (χ1v) is 4.48. The lowest BCUT2D eigenvalue weighted by molar-refractivity contribution is -0.147. The summed E-state index contributed by atoms with van der Waals surface area (Å²) in [7, 11) is 0. The molecule has 0 bridgehead atoms. The highest BCUT2D eigenvalue weighted by molar-refractivity contribution is 9.10. The lowest BCUT2D eigenvalue weighted by Crippen LogP contribution is -2.18. The third-order valence-electron chi connectivity index (χ3n) is 1.59. The van der Waals surface area contributed by atoms with Crippen LogP contribution in [0, 0.1) is 6.92 Å². The number of carboxylic acid groups (broad SMARTS) is 1. The topological polar surface area (TPSA) is 50.4 Å². The second-order valence-corrected chi connectivity index (χ2v) is 3.62. The van der Waals surface area contributed by atoms with Gasteiger partial charge in [-0.2, -0.15) is 8.78 Å². The van der Waals surface area contributed by atoms with Crippen LogP contribution in [0.25, 0.3) is 0 Å². The van der Waals surface area contributed by atoms with Crippen LogP contribution in [-0.2, 0) is 10.7 Å². The number of aryl methyl sites for hydroxylation is 1. The van der Waals surface area contributed by atoms with E-state index in [1.165, 1.54) is 13.0 Å². The Hall–Kier alpha value is -0.910. The van der Waals surface area contributed by atoms with Crippen LogP contribution in [0.1, 0.15) is 17.7 Å². The van der Waals surface area contributed by atoms with Crippen LogP contribution < -0.4 is 0 Å². The number of aliphatic carboxylic acids is 1. The van der Waals surface area contributed by atoms with Gasteiger partial charge in [0.05, 0.1) is 0 Å². The lowest BCUT2D eigenvalue weighted by Gasteiger charge is -2.11. The fourth-order valence-corrected chi connectivity index (χ4v) is 1.58. The zero-order chi connectivity index (χ0) is 10.9. The molecule has 0 saturated carbocycles. The summed E-state index contributed by atoms with van der Waals surface area (Å²) in [5.41, 5.74) is 0.225. The minimum absolute atomic E-state index is 0.162. The van der Waals surface area contributed by atoms with E-state index in [9.17, 15) is 13.6 Å². The van der Waals surface area contributed by atoms with E-state index in [1.54, 1.807) is 0 Å². The summed E-state index contributed by atoms with van der Waals surface area (Å²) in [6.45, 7) is 1.43. The molecule has 14 heavy (non-hydrogen) atoms.